The minimum atomic E-state index is -4.72. The number of aliphatic hydroxyl groups excluding tert-OH is 2. The molecule has 1 aromatic rings. The summed E-state index contributed by atoms with van der Waals surface area (Å²) >= 11 is 0. The van der Waals surface area contributed by atoms with Crippen molar-refractivity contribution in [1.29, 1.82) is 0 Å². The van der Waals surface area contributed by atoms with E-state index in [1.54, 1.807) is 0 Å². The molecule has 0 aromatic carbocycles. The largest absolute Gasteiger partial charge is 0.469 e. The van der Waals surface area contributed by atoms with Crippen LogP contribution >= 0.6 is 7.82 Å². The van der Waals surface area contributed by atoms with E-state index in [0.717, 1.165) is 0 Å². The summed E-state index contributed by atoms with van der Waals surface area (Å²) in [6, 6.07) is 2.97. The lowest BCUT2D eigenvalue weighted by Crippen LogP contribution is -2.46. The molecule has 6 N–H and O–H groups in total. The lowest BCUT2D eigenvalue weighted by atomic mass is 10.3. The number of carbonyl (C=O) groups is 1. The summed E-state index contributed by atoms with van der Waals surface area (Å²) < 4.78 is 21.6. The van der Waals surface area contributed by atoms with Crippen molar-refractivity contribution >= 4 is 13.7 Å². The number of primary amides is 1. The van der Waals surface area contributed by atoms with Gasteiger partial charge in [0, 0.05) is 6.07 Å². The second-order valence-electron chi connectivity index (χ2n) is 4.74. The molecule has 1 aliphatic heterocycles. The molecule has 4 atom stereocenters. The number of nitrogens with two attached hydrogens (primary N) is 1. The molecule has 1 aromatic heterocycles. The van der Waals surface area contributed by atoms with Gasteiger partial charge in [-0.1, -0.05) is 0 Å². The number of phosphoric acid groups is 1. The van der Waals surface area contributed by atoms with Crippen LogP contribution in [0.1, 0.15) is 16.6 Å². The normalized spacial score (nSPS) is 28.7. The van der Waals surface area contributed by atoms with Gasteiger partial charge in [0.25, 0.3) is 12.1 Å². The van der Waals surface area contributed by atoms with Crippen LogP contribution in [0.2, 0.25) is 0 Å². The van der Waals surface area contributed by atoms with Gasteiger partial charge in [0.05, 0.1) is 6.61 Å². The maximum atomic E-state index is 11.1. The van der Waals surface area contributed by atoms with Crippen molar-refractivity contribution in [2.24, 2.45) is 5.73 Å². The number of amides is 1. The molecule has 1 amide bonds. The molecule has 0 radical (unpaired) electrons. The molecule has 11 heteroatoms. The fourth-order valence-corrected chi connectivity index (χ4v) is 2.42. The number of carbonyl (C=O) groups excluding carboxylic acids is 1. The molecule has 1 unspecified atom stereocenters. The predicted octanol–water partition coefficient (Wildman–Crippen LogP) is -2.20. The topological polar surface area (TPSA) is 163 Å². The molecule has 0 aliphatic carbocycles. The van der Waals surface area contributed by atoms with Crippen molar-refractivity contribution < 1.29 is 43.2 Å². The zero-order valence-corrected chi connectivity index (χ0v) is 12.1. The maximum Gasteiger partial charge on any atom is 0.469 e. The van der Waals surface area contributed by atoms with Crippen LogP contribution in [0, 0.1) is 0 Å². The van der Waals surface area contributed by atoms with Gasteiger partial charge in [-0.2, -0.15) is 4.57 Å². The highest BCUT2D eigenvalue weighted by atomic mass is 31.2. The third-order valence-electron chi connectivity index (χ3n) is 3.14. The van der Waals surface area contributed by atoms with E-state index in [4.69, 9.17) is 20.3 Å². The van der Waals surface area contributed by atoms with Gasteiger partial charge in [-0.25, -0.2) is 4.57 Å². The smallest absolute Gasteiger partial charge is 0.387 e. The van der Waals surface area contributed by atoms with E-state index >= 15 is 0 Å². The lowest BCUT2D eigenvalue weighted by Gasteiger charge is -2.13. The number of hydrogen-bond donors (Lipinski definition) is 5. The van der Waals surface area contributed by atoms with Gasteiger partial charge in [-0.05, 0) is 6.07 Å². The molecular formula is C11H16N2O8P+. The van der Waals surface area contributed by atoms with Crippen LogP contribution in [0.5, 0.6) is 0 Å². The first-order valence-corrected chi connectivity index (χ1v) is 7.74. The molecule has 1 fully saturated rings. The minimum absolute atomic E-state index is 0.169. The standard InChI is InChI=1S/C11H15N2O8P/c12-10(16)6-2-1-3-13(4-6)11-9(15)8(14)7(21-11)5-20-22(17,18)19/h1-4,7-9,11,14-15H,5H2,(H3-,12,16,17,18,19)/p+1/t7-,8-,9?,11-/m1/s1/i5+1,7+1,8+1,9+1,11+1. The van der Waals surface area contributed by atoms with E-state index in [9.17, 15) is 19.6 Å². The Labute approximate surface area is 124 Å². The molecule has 22 heavy (non-hydrogen) atoms. The fraction of sp³-hybridized carbons (Fsp3) is 0.455. The van der Waals surface area contributed by atoms with E-state index in [-0.39, 0.29) is 5.56 Å². The third kappa shape index (κ3) is 3.87. The van der Waals surface area contributed by atoms with E-state index in [0.29, 0.717) is 0 Å². The molecule has 0 saturated carbocycles. The van der Waals surface area contributed by atoms with Gasteiger partial charge in [-0.15, -0.1) is 0 Å². The number of aromatic nitrogens is 1. The molecule has 2 rings (SSSR count). The first kappa shape index (κ1) is 17.0. The Balaban J connectivity index is 2.14. The van der Waals surface area contributed by atoms with Crippen molar-refractivity contribution in [3.05, 3.63) is 30.1 Å². The van der Waals surface area contributed by atoms with Crippen LogP contribution in [-0.2, 0) is 13.8 Å². The third-order valence-corrected chi connectivity index (χ3v) is 3.63. The first-order chi connectivity index (χ1) is 10.2. The summed E-state index contributed by atoms with van der Waals surface area (Å²) in [5, 5.41) is 19.8. The fourth-order valence-electron chi connectivity index (χ4n) is 2.08. The quantitative estimate of drug-likeness (QED) is 0.229. The van der Waals surface area contributed by atoms with Crippen molar-refractivity contribution in [2.75, 3.05) is 6.61 Å². The number of hydrogen-bond acceptors (Lipinski definition) is 6. The number of ether oxygens (including phenoxy) is 1. The van der Waals surface area contributed by atoms with Gasteiger partial charge >= 0.3 is 7.82 Å². The average Bonchev–Trinajstić information content (AvgIpc) is 2.72. The van der Waals surface area contributed by atoms with Crippen LogP contribution in [0.25, 0.3) is 0 Å². The summed E-state index contributed by atoms with van der Waals surface area (Å²) in [6.07, 6.45) is -2.18. The van der Waals surface area contributed by atoms with E-state index in [1.807, 2.05) is 0 Å². The Bertz CT molecular complexity index is 606. The number of rotatable bonds is 5. The van der Waals surface area contributed by atoms with E-state index in [2.05, 4.69) is 4.52 Å². The van der Waals surface area contributed by atoms with Gasteiger partial charge in [0.2, 0.25) is 0 Å². The lowest BCUT2D eigenvalue weighted by molar-refractivity contribution is -0.765. The zero-order chi connectivity index (χ0) is 16.5. The van der Waals surface area contributed by atoms with Crippen molar-refractivity contribution in [3.63, 3.8) is 0 Å². The van der Waals surface area contributed by atoms with Gasteiger partial charge in [0.15, 0.2) is 18.5 Å². The summed E-state index contributed by atoms with van der Waals surface area (Å²) in [4.78, 5) is 28.4. The summed E-state index contributed by atoms with van der Waals surface area (Å²) in [5.74, 6) is -0.677. The monoisotopic (exact) mass is 340 g/mol. The van der Waals surface area contributed by atoms with Crippen LogP contribution in [0.3, 0.4) is 0 Å². The zero-order valence-electron chi connectivity index (χ0n) is 11.2. The highest BCUT2D eigenvalue weighted by Crippen LogP contribution is 2.37. The second-order valence-corrected chi connectivity index (χ2v) is 5.98. The Morgan fingerprint density at radius 2 is 2.09 bits per heavy atom. The summed E-state index contributed by atoms with van der Waals surface area (Å²) in [7, 11) is -4.72. The highest BCUT2D eigenvalue weighted by Gasteiger charge is 2.48. The molecule has 2 heterocycles. The van der Waals surface area contributed by atoms with Gasteiger partial charge in [0.1, 0.15) is 17.8 Å². The molecule has 1 saturated heterocycles. The molecular weight excluding hydrogens is 324 g/mol. The molecule has 0 bridgehead atoms. The molecule has 122 valence electrons. The second kappa shape index (κ2) is 6.39. The summed E-state index contributed by atoms with van der Waals surface area (Å²) in [6.45, 7) is -0.602. The minimum Gasteiger partial charge on any atom is -0.387 e. The van der Waals surface area contributed by atoms with Crippen molar-refractivity contribution in [3.8, 4) is 0 Å². The Morgan fingerprint density at radius 3 is 2.68 bits per heavy atom. The Morgan fingerprint density at radius 1 is 1.41 bits per heavy atom. The SMILES string of the molecule is NC(=O)c1ccc[n+]([13C@@H]2O[13C@H]([13CH2]OP(=O)(O)O)[13C@@H](O)[13CH]2O)c1. The summed E-state index contributed by atoms with van der Waals surface area (Å²) in [5.41, 5.74) is 5.32. The number of nitrogens with zero attached hydrogens (tertiary/aromatic N) is 1. The first-order valence-electron chi connectivity index (χ1n) is 6.21. The Hall–Kier alpha value is -1.39. The van der Waals surface area contributed by atoms with Gasteiger partial charge in [-0.3, -0.25) is 9.32 Å². The van der Waals surface area contributed by atoms with Crippen molar-refractivity contribution in [1.82, 2.24) is 0 Å². The Kier molecular flexibility index (Phi) is 4.93. The molecule has 10 nitrogen and oxygen atoms in total. The maximum absolute atomic E-state index is 11.1. The van der Waals surface area contributed by atoms with Crippen LogP contribution in [0.4, 0.5) is 0 Å². The number of aliphatic hydroxyl groups is 2. The predicted molar refractivity (Wildman–Crippen MR) is 69.1 cm³/mol. The van der Waals surface area contributed by atoms with E-state index < -0.39 is 44.9 Å². The number of phosphoric ester groups is 1. The molecule has 1 aliphatic rings. The van der Waals surface area contributed by atoms with Crippen LogP contribution in [-0.4, -0.2) is 50.8 Å². The average molecular weight is 340 g/mol. The van der Waals surface area contributed by atoms with Gasteiger partial charge < -0.3 is 30.5 Å². The number of pyridine rings is 1. The highest BCUT2D eigenvalue weighted by molar-refractivity contribution is 7.46. The van der Waals surface area contributed by atoms with Crippen molar-refractivity contribution in [2.45, 2.75) is 24.5 Å². The van der Waals surface area contributed by atoms with Crippen LogP contribution < -0.4 is 10.3 Å². The molecule has 0 spiro atoms. The van der Waals surface area contributed by atoms with E-state index in [1.165, 1.54) is 29.1 Å². The van der Waals surface area contributed by atoms with Crippen LogP contribution in [0.15, 0.2) is 24.5 Å².